The molecule has 1 unspecified atom stereocenters. The van der Waals surface area contributed by atoms with Gasteiger partial charge in [0, 0.05) is 10.6 Å². The normalized spacial score (nSPS) is 12.2. The van der Waals surface area contributed by atoms with Gasteiger partial charge < -0.3 is 10.4 Å². The van der Waals surface area contributed by atoms with Crippen LogP contribution in [-0.2, 0) is 4.79 Å². The van der Waals surface area contributed by atoms with Crippen molar-refractivity contribution in [1.82, 2.24) is 0 Å². The number of aliphatic hydroxyl groups is 1. The SMILES string of the molecule is CC(O)CC(=O)Nc1ccc(S)cc1. The molecule has 14 heavy (non-hydrogen) atoms. The number of carbonyl (C=O) groups excluding carboxylic acids is 1. The second-order valence-corrected chi connectivity index (χ2v) is 3.66. The number of anilines is 1. The highest BCUT2D eigenvalue weighted by Crippen LogP contribution is 2.12. The van der Waals surface area contributed by atoms with Gasteiger partial charge in [0.1, 0.15) is 0 Å². The minimum absolute atomic E-state index is 0.114. The Labute approximate surface area is 88.6 Å². The van der Waals surface area contributed by atoms with Gasteiger partial charge in [-0.1, -0.05) is 0 Å². The summed E-state index contributed by atoms with van der Waals surface area (Å²) in [6.07, 6.45) is -0.498. The topological polar surface area (TPSA) is 49.3 Å². The molecule has 1 rings (SSSR count). The lowest BCUT2D eigenvalue weighted by molar-refractivity contribution is -0.117. The molecule has 76 valence electrons. The van der Waals surface area contributed by atoms with Crippen LogP contribution in [0.5, 0.6) is 0 Å². The molecule has 0 aliphatic rings. The van der Waals surface area contributed by atoms with Crippen molar-refractivity contribution in [2.45, 2.75) is 24.3 Å². The molecule has 4 heteroatoms. The number of aliphatic hydroxyl groups excluding tert-OH is 1. The van der Waals surface area contributed by atoms with E-state index >= 15 is 0 Å². The Hall–Kier alpha value is -1.00. The van der Waals surface area contributed by atoms with Crippen LogP contribution in [0.25, 0.3) is 0 Å². The van der Waals surface area contributed by atoms with Crippen molar-refractivity contribution in [3.05, 3.63) is 24.3 Å². The molecule has 1 amide bonds. The summed E-state index contributed by atoms with van der Waals surface area (Å²) in [6, 6.07) is 7.12. The molecule has 0 bridgehead atoms. The fraction of sp³-hybridized carbons (Fsp3) is 0.300. The third-order valence-corrected chi connectivity index (χ3v) is 1.93. The van der Waals surface area contributed by atoms with Crippen LogP contribution in [0.15, 0.2) is 29.2 Å². The van der Waals surface area contributed by atoms with Crippen LogP contribution in [0, 0.1) is 0 Å². The summed E-state index contributed by atoms with van der Waals surface area (Å²) in [5, 5.41) is 11.6. The molecule has 1 aromatic carbocycles. The number of hydrogen-bond acceptors (Lipinski definition) is 3. The molecule has 0 saturated carbocycles. The number of thiol groups is 1. The van der Waals surface area contributed by atoms with E-state index in [0.29, 0.717) is 5.69 Å². The fourth-order valence-corrected chi connectivity index (χ4v) is 1.17. The molecule has 1 aromatic rings. The highest BCUT2D eigenvalue weighted by atomic mass is 32.1. The van der Waals surface area contributed by atoms with Crippen LogP contribution in [0.3, 0.4) is 0 Å². The Kier molecular flexibility index (Phi) is 3.98. The maximum Gasteiger partial charge on any atom is 0.226 e. The smallest absolute Gasteiger partial charge is 0.226 e. The molecule has 0 saturated heterocycles. The molecule has 0 heterocycles. The van der Waals surface area contributed by atoms with Crippen LogP contribution in [0.2, 0.25) is 0 Å². The van der Waals surface area contributed by atoms with Crippen molar-refractivity contribution in [2.24, 2.45) is 0 Å². The average molecular weight is 211 g/mol. The first-order valence-corrected chi connectivity index (χ1v) is 4.79. The summed E-state index contributed by atoms with van der Waals surface area (Å²) in [4.78, 5) is 12.1. The lowest BCUT2D eigenvalue weighted by Gasteiger charge is -2.06. The first kappa shape index (κ1) is 11.1. The third kappa shape index (κ3) is 3.81. The number of carbonyl (C=O) groups is 1. The highest BCUT2D eigenvalue weighted by molar-refractivity contribution is 7.80. The standard InChI is InChI=1S/C10H13NO2S/c1-7(12)6-10(13)11-8-2-4-9(14)5-3-8/h2-5,7,12,14H,6H2,1H3,(H,11,13). The molecule has 2 N–H and O–H groups in total. The Bertz CT molecular complexity index is 308. The van der Waals surface area contributed by atoms with Crippen LogP contribution in [0.4, 0.5) is 5.69 Å². The third-order valence-electron chi connectivity index (χ3n) is 1.63. The zero-order valence-corrected chi connectivity index (χ0v) is 8.79. The van der Waals surface area contributed by atoms with Gasteiger partial charge in [0.05, 0.1) is 12.5 Å². The van der Waals surface area contributed by atoms with Gasteiger partial charge in [0.2, 0.25) is 5.91 Å². The van der Waals surface area contributed by atoms with Gasteiger partial charge in [-0.3, -0.25) is 4.79 Å². The highest BCUT2D eigenvalue weighted by Gasteiger charge is 2.05. The summed E-state index contributed by atoms with van der Waals surface area (Å²) in [5.41, 5.74) is 0.716. The van der Waals surface area contributed by atoms with Gasteiger partial charge in [-0.05, 0) is 31.2 Å². The summed E-state index contributed by atoms with van der Waals surface area (Å²) in [6.45, 7) is 1.58. The van der Waals surface area contributed by atoms with Crippen molar-refractivity contribution in [3.63, 3.8) is 0 Å². The van der Waals surface area contributed by atoms with Gasteiger partial charge in [-0.15, -0.1) is 12.6 Å². The summed E-state index contributed by atoms with van der Waals surface area (Å²) < 4.78 is 0. The second-order valence-electron chi connectivity index (χ2n) is 3.15. The van der Waals surface area contributed by atoms with Crippen molar-refractivity contribution >= 4 is 24.2 Å². The number of benzene rings is 1. The van der Waals surface area contributed by atoms with E-state index in [9.17, 15) is 4.79 Å². The van der Waals surface area contributed by atoms with Gasteiger partial charge in [0.25, 0.3) is 0 Å². The van der Waals surface area contributed by atoms with Gasteiger partial charge in [-0.25, -0.2) is 0 Å². The molecule has 0 spiro atoms. The fourth-order valence-electron chi connectivity index (χ4n) is 1.03. The van der Waals surface area contributed by atoms with Crippen molar-refractivity contribution in [1.29, 1.82) is 0 Å². The lowest BCUT2D eigenvalue weighted by atomic mass is 10.2. The van der Waals surface area contributed by atoms with Crippen molar-refractivity contribution < 1.29 is 9.90 Å². The van der Waals surface area contributed by atoms with E-state index in [0.717, 1.165) is 4.90 Å². The molecule has 0 aromatic heterocycles. The average Bonchev–Trinajstić information content (AvgIpc) is 2.07. The van der Waals surface area contributed by atoms with Crippen molar-refractivity contribution in [3.8, 4) is 0 Å². The number of hydrogen-bond donors (Lipinski definition) is 3. The largest absolute Gasteiger partial charge is 0.393 e. The maximum absolute atomic E-state index is 11.2. The number of nitrogens with one attached hydrogen (secondary N) is 1. The second kappa shape index (κ2) is 5.02. The molecule has 0 fully saturated rings. The monoisotopic (exact) mass is 211 g/mol. The Balaban J connectivity index is 2.52. The van der Waals surface area contributed by atoms with Gasteiger partial charge in [0.15, 0.2) is 0 Å². The molecule has 0 aliphatic heterocycles. The van der Waals surface area contributed by atoms with Crippen LogP contribution in [-0.4, -0.2) is 17.1 Å². The summed E-state index contributed by atoms with van der Waals surface area (Å²) >= 11 is 4.13. The molecule has 0 radical (unpaired) electrons. The van der Waals surface area contributed by atoms with E-state index in [-0.39, 0.29) is 12.3 Å². The molecular weight excluding hydrogens is 198 g/mol. The molecular formula is C10H13NO2S. The zero-order chi connectivity index (χ0) is 10.6. The van der Waals surface area contributed by atoms with E-state index in [1.54, 1.807) is 31.2 Å². The van der Waals surface area contributed by atoms with Gasteiger partial charge >= 0.3 is 0 Å². The van der Waals surface area contributed by atoms with E-state index in [1.807, 2.05) is 0 Å². The zero-order valence-electron chi connectivity index (χ0n) is 7.90. The Morgan fingerprint density at radius 2 is 2.07 bits per heavy atom. The van der Waals surface area contributed by atoms with Crippen LogP contribution in [0.1, 0.15) is 13.3 Å². The minimum atomic E-state index is -0.612. The lowest BCUT2D eigenvalue weighted by Crippen LogP contribution is -2.17. The van der Waals surface area contributed by atoms with Crippen LogP contribution < -0.4 is 5.32 Å². The molecule has 3 nitrogen and oxygen atoms in total. The first-order chi connectivity index (χ1) is 6.58. The molecule has 0 aliphatic carbocycles. The van der Waals surface area contributed by atoms with E-state index in [1.165, 1.54) is 0 Å². The van der Waals surface area contributed by atoms with E-state index in [2.05, 4.69) is 17.9 Å². The summed E-state index contributed by atoms with van der Waals surface area (Å²) in [5.74, 6) is -0.188. The first-order valence-electron chi connectivity index (χ1n) is 4.35. The van der Waals surface area contributed by atoms with Gasteiger partial charge in [-0.2, -0.15) is 0 Å². The molecule has 1 atom stereocenters. The van der Waals surface area contributed by atoms with E-state index < -0.39 is 6.10 Å². The van der Waals surface area contributed by atoms with Crippen LogP contribution >= 0.6 is 12.6 Å². The quantitative estimate of drug-likeness (QED) is 0.666. The number of rotatable bonds is 3. The number of amides is 1. The maximum atomic E-state index is 11.2. The van der Waals surface area contributed by atoms with E-state index in [4.69, 9.17) is 5.11 Å². The van der Waals surface area contributed by atoms with Crippen molar-refractivity contribution in [2.75, 3.05) is 5.32 Å². The predicted octanol–water partition coefficient (Wildman–Crippen LogP) is 1.68. The summed E-state index contributed by atoms with van der Waals surface area (Å²) in [7, 11) is 0. The predicted molar refractivity (Wildman–Crippen MR) is 58.6 cm³/mol. The Morgan fingerprint density at radius 1 is 1.50 bits per heavy atom. The Morgan fingerprint density at radius 3 is 2.57 bits per heavy atom. The minimum Gasteiger partial charge on any atom is -0.393 e.